The van der Waals surface area contributed by atoms with Crippen molar-refractivity contribution in [3.05, 3.63) is 35.4 Å². The van der Waals surface area contributed by atoms with Crippen LogP contribution >= 0.6 is 11.5 Å². The molecule has 3 heterocycles. The quantitative estimate of drug-likeness (QED) is 0.662. The zero-order valence-electron chi connectivity index (χ0n) is 15.1. The predicted octanol–water partition coefficient (Wildman–Crippen LogP) is 1.70. The third-order valence-corrected chi connectivity index (χ3v) is 5.18. The first-order chi connectivity index (χ1) is 12.2. The van der Waals surface area contributed by atoms with Crippen molar-refractivity contribution >= 4 is 22.6 Å². The zero-order valence-corrected chi connectivity index (χ0v) is 15.9. The van der Waals surface area contributed by atoms with E-state index in [0.717, 1.165) is 55.2 Å². The molecule has 1 N–H and O–H groups in total. The summed E-state index contributed by atoms with van der Waals surface area (Å²) in [6, 6.07) is 4.04. The van der Waals surface area contributed by atoms with Crippen molar-refractivity contribution in [2.75, 3.05) is 38.1 Å². The van der Waals surface area contributed by atoms with Gasteiger partial charge in [0.25, 0.3) is 0 Å². The molecule has 2 aromatic heterocycles. The molecule has 0 aromatic carbocycles. The Morgan fingerprint density at radius 1 is 1.32 bits per heavy atom. The van der Waals surface area contributed by atoms with Gasteiger partial charge in [0, 0.05) is 57.4 Å². The van der Waals surface area contributed by atoms with Crippen molar-refractivity contribution in [2.45, 2.75) is 26.8 Å². The Hall–Kier alpha value is -2.22. The Labute approximate surface area is 153 Å². The van der Waals surface area contributed by atoms with Crippen LogP contribution in [0.1, 0.15) is 24.0 Å². The van der Waals surface area contributed by atoms with E-state index in [1.807, 2.05) is 19.3 Å². The van der Waals surface area contributed by atoms with Gasteiger partial charge in [-0.05, 0) is 18.6 Å². The van der Waals surface area contributed by atoms with Crippen molar-refractivity contribution < 1.29 is 0 Å². The average Bonchev–Trinajstić information content (AvgIpc) is 3.13. The highest BCUT2D eigenvalue weighted by molar-refractivity contribution is 7.09. The van der Waals surface area contributed by atoms with Crippen LogP contribution in [0.3, 0.4) is 0 Å². The summed E-state index contributed by atoms with van der Waals surface area (Å²) in [4.78, 5) is 18.1. The van der Waals surface area contributed by atoms with E-state index in [9.17, 15) is 0 Å². The smallest absolute Gasteiger partial charge is 0.205 e. The van der Waals surface area contributed by atoms with Crippen LogP contribution in [-0.4, -0.2) is 58.4 Å². The molecular weight excluding hydrogens is 334 g/mol. The van der Waals surface area contributed by atoms with Crippen molar-refractivity contribution in [1.82, 2.24) is 24.6 Å². The summed E-state index contributed by atoms with van der Waals surface area (Å²) < 4.78 is 4.38. The summed E-state index contributed by atoms with van der Waals surface area (Å²) in [6.45, 7) is 8.56. The number of nitrogens with zero attached hydrogens (tertiary/aromatic N) is 6. The summed E-state index contributed by atoms with van der Waals surface area (Å²) >= 11 is 1.50. The van der Waals surface area contributed by atoms with Crippen molar-refractivity contribution in [1.29, 1.82) is 0 Å². The van der Waals surface area contributed by atoms with E-state index in [1.54, 1.807) is 0 Å². The van der Waals surface area contributed by atoms with E-state index in [1.165, 1.54) is 17.1 Å². The molecule has 0 atom stereocenters. The molecule has 3 rings (SSSR count). The van der Waals surface area contributed by atoms with Crippen LogP contribution in [0.4, 0.5) is 5.13 Å². The largest absolute Gasteiger partial charge is 0.351 e. The molecule has 8 heteroatoms. The molecule has 0 unspecified atom stereocenters. The fraction of sp³-hybridized carbons (Fsp3) is 0.529. The first kappa shape index (κ1) is 17.6. The molecule has 0 saturated carbocycles. The second-order valence-corrected chi connectivity index (χ2v) is 6.72. The predicted molar refractivity (Wildman–Crippen MR) is 102 cm³/mol. The molecule has 0 bridgehead atoms. The van der Waals surface area contributed by atoms with Gasteiger partial charge < -0.3 is 15.1 Å². The fourth-order valence-electron chi connectivity index (χ4n) is 2.82. The lowest BCUT2D eigenvalue weighted by Crippen LogP contribution is -2.52. The molecule has 7 nitrogen and oxygen atoms in total. The van der Waals surface area contributed by atoms with E-state index in [0.29, 0.717) is 6.54 Å². The standard InChI is InChI=1S/C17H25N7S/c1-4-15-21-17(25-22-15)24-10-8-23(9-11-24)16(18-3)20-12-14-13(2)6-5-7-19-14/h5-7H,4,8-12H2,1-3H3,(H,18,20). The number of anilines is 1. The van der Waals surface area contributed by atoms with Gasteiger partial charge in [-0.2, -0.15) is 4.37 Å². The van der Waals surface area contributed by atoms with E-state index in [-0.39, 0.29) is 0 Å². The van der Waals surface area contributed by atoms with Crippen LogP contribution in [0.15, 0.2) is 23.3 Å². The maximum Gasteiger partial charge on any atom is 0.205 e. The summed E-state index contributed by atoms with van der Waals surface area (Å²) in [6.07, 6.45) is 2.72. The zero-order chi connectivity index (χ0) is 17.6. The van der Waals surface area contributed by atoms with Gasteiger partial charge in [0.1, 0.15) is 5.82 Å². The van der Waals surface area contributed by atoms with E-state index >= 15 is 0 Å². The number of piperazine rings is 1. The number of aryl methyl sites for hydroxylation is 2. The summed E-state index contributed by atoms with van der Waals surface area (Å²) in [7, 11) is 1.83. The number of nitrogens with one attached hydrogen (secondary N) is 1. The molecule has 25 heavy (non-hydrogen) atoms. The van der Waals surface area contributed by atoms with Gasteiger partial charge in [-0.3, -0.25) is 9.98 Å². The SMILES string of the molecule is CCc1nsc(N2CCN(C(=NC)NCc3ncccc3C)CC2)n1. The third-order valence-electron chi connectivity index (χ3n) is 4.37. The lowest BCUT2D eigenvalue weighted by atomic mass is 10.2. The second kappa shape index (κ2) is 8.24. The lowest BCUT2D eigenvalue weighted by Gasteiger charge is -2.36. The van der Waals surface area contributed by atoms with Crippen molar-refractivity contribution in [3.63, 3.8) is 0 Å². The van der Waals surface area contributed by atoms with Gasteiger partial charge in [-0.15, -0.1) is 0 Å². The first-order valence-corrected chi connectivity index (χ1v) is 9.42. The minimum absolute atomic E-state index is 0.690. The van der Waals surface area contributed by atoms with Gasteiger partial charge in [0.05, 0.1) is 12.2 Å². The van der Waals surface area contributed by atoms with Crippen molar-refractivity contribution in [2.24, 2.45) is 4.99 Å². The van der Waals surface area contributed by atoms with E-state index in [2.05, 4.69) is 54.4 Å². The first-order valence-electron chi connectivity index (χ1n) is 8.65. The Kier molecular flexibility index (Phi) is 5.80. The Morgan fingerprint density at radius 2 is 2.12 bits per heavy atom. The molecule has 0 amide bonds. The molecule has 0 radical (unpaired) electrons. The highest BCUT2D eigenvalue weighted by atomic mass is 32.1. The Bertz CT molecular complexity index is 719. The summed E-state index contributed by atoms with van der Waals surface area (Å²) in [5.41, 5.74) is 2.25. The molecule has 1 fully saturated rings. The Balaban J connectivity index is 1.54. The maximum absolute atomic E-state index is 4.59. The molecule has 134 valence electrons. The number of pyridine rings is 1. The van der Waals surface area contributed by atoms with Crippen molar-refractivity contribution in [3.8, 4) is 0 Å². The highest BCUT2D eigenvalue weighted by Gasteiger charge is 2.22. The molecule has 1 aliphatic heterocycles. The fourth-order valence-corrected chi connectivity index (χ4v) is 3.63. The number of hydrogen-bond acceptors (Lipinski definition) is 6. The minimum Gasteiger partial charge on any atom is -0.351 e. The third kappa shape index (κ3) is 4.25. The van der Waals surface area contributed by atoms with Gasteiger partial charge in [0.2, 0.25) is 5.13 Å². The number of aliphatic imine (C=N–C) groups is 1. The second-order valence-electron chi connectivity index (χ2n) is 5.99. The van der Waals surface area contributed by atoms with Crippen LogP contribution in [0, 0.1) is 6.92 Å². The van der Waals surface area contributed by atoms with Crippen LogP contribution in [0.5, 0.6) is 0 Å². The highest BCUT2D eigenvalue weighted by Crippen LogP contribution is 2.19. The molecule has 2 aromatic rings. The lowest BCUT2D eigenvalue weighted by molar-refractivity contribution is 0.372. The normalized spacial score (nSPS) is 15.6. The van der Waals surface area contributed by atoms with Crippen LogP contribution in [0.2, 0.25) is 0 Å². The average molecular weight is 360 g/mol. The molecule has 0 spiro atoms. The van der Waals surface area contributed by atoms with Gasteiger partial charge in [-0.1, -0.05) is 13.0 Å². The summed E-state index contributed by atoms with van der Waals surface area (Å²) in [5, 5.41) is 4.46. The van der Waals surface area contributed by atoms with Gasteiger partial charge in [0.15, 0.2) is 5.96 Å². The van der Waals surface area contributed by atoms with Crippen LogP contribution in [-0.2, 0) is 13.0 Å². The molecule has 1 saturated heterocycles. The molecule has 0 aliphatic carbocycles. The Morgan fingerprint density at radius 3 is 2.76 bits per heavy atom. The number of aromatic nitrogens is 3. The van der Waals surface area contributed by atoms with E-state index in [4.69, 9.17) is 0 Å². The van der Waals surface area contributed by atoms with Gasteiger partial charge >= 0.3 is 0 Å². The maximum atomic E-state index is 4.59. The van der Waals surface area contributed by atoms with Crippen LogP contribution < -0.4 is 10.2 Å². The van der Waals surface area contributed by atoms with Crippen LogP contribution in [0.25, 0.3) is 0 Å². The monoisotopic (exact) mass is 359 g/mol. The summed E-state index contributed by atoms with van der Waals surface area (Å²) in [5.74, 6) is 1.86. The number of rotatable bonds is 4. The number of hydrogen-bond donors (Lipinski definition) is 1. The topological polar surface area (TPSA) is 69.5 Å². The van der Waals surface area contributed by atoms with Gasteiger partial charge in [-0.25, -0.2) is 4.98 Å². The number of guanidine groups is 1. The molecular formula is C17H25N7S. The molecule has 1 aliphatic rings. The van der Waals surface area contributed by atoms with E-state index < -0.39 is 0 Å². The minimum atomic E-state index is 0.690.